The van der Waals surface area contributed by atoms with E-state index >= 15 is 0 Å². The van der Waals surface area contributed by atoms with E-state index in [1.54, 1.807) is 31.1 Å². The van der Waals surface area contributed by atoms with Gasteiger partial charge in [0.25, 0.3) is 5.91 Å². The molecule has 1 aromatic carbocycles. The summed E-state index contributed by atoms with van der Waals surface area (Å²) in [6.45, 7) is 4.39. The molecule has 0 heterocycles. The fraction of sp³-hybridized carbons (Fsp3) is 0.467. The van der Waals surface area contributed by atoms with Crippen LogP contribution >= 0.6 is 15.9 Å². The van der Waals surface area contributed by atoms with Crippen LogP contribution in [-0.4, -0.2) is 48.8 Å². The van der Waals surface area contributed by atoms with E-state index in [1.165, 1.54) is 4.90 Å². The van der Waals surface area contributed by atoms with Gasteiger partial charge in [-0.3, -0.25) is 9.59 Å². The van der Waals surface area contributed by atoms with Crippen LogP contribution < -0.4 is 5.73 Å². The highest BCUT2D eigenvalue weighted by Crippen LogP contribution is 2.24. The Morgan fingerprint density at radius 1 is 1.29 bits per heavy atom. The zero-order chi connectivity index (χ0) is 16.2. The van der Waals surface area contributed by atoms with Gasteiger partial charge >= 0.3 is 0 Å². The Morgan fingerprint density at radius 3 is 2.43 bits per heavy atom. The SMILES string of the molecule is CCCN(CC(=O)N(C)C)C(=O)c1cc(Br)cc(N)c1C. The normalized spacial score (nSPS) is 10.3. The quantitative estimate of drug-likeness (QED) is 0.823. The fourth-order valence-electron chi connectivity index (χ4n) is 1.92. The van der Waals surface area contributed by atoms with Crippen molar-refractivity contribution in [2.45, 2.75) is 20.3 Å². The van der Waals surface area contributed by atoms with Crippen LogP contribution in [0.5, 0.6) is 0 Å². The van der Waals surface area contributed by atoms with Gasteiger partial charge < -0.3 is 15.5 Å². The molecule has 116 valence electrons. The number of anilines is 1. The van der Waals surface area contributed by atoms with E-state index in [-0.39, 0.29) is 18.4 Å². The smallest absolute Gasteiger partial charge is 0.254 e. The molecule has 2 N–H and O–H groups in total. The molecule has 0 bridgehead atoms. The molecule has 1 aromatic rings. The third-order valence-electron chi connectivity index (χ3n) is 3.25. The summed E-state index contributed by atoms with van der Waals surface area (Å²) in [5.41, 5.74) is 7.73. The van der Waals surface area contributed by atoms with E-state index in [2.05, 4.69) is 15.9 Å². The van der Waals surface area contributed by atoms with Crippen molar-refractivity contribution in [3.05, 3.63) is 27.7 Å². The van der Waals surface area contributed by atoms with Gasteiger partial charge in [0.1, 0.15) is 6.54 Å². The molecule has 0 aliphatic rings. The Bertz CT molecular complexity index is 544. The lowest BCUT2D eigenvalue weighted by Crippen LogP contribution is -2.41. The largest absolute Gasteiger partial charge is 0.398 e. The average Bonchev–Trinajstić information content (AvgIpc) is 2.41. The van der Waals surface area contributed by atoms with E-state index in [4.69, 9.17) is 5.73 Å². The van der Waals surface area contributed by atoms with Gasteiger partial charge in [-0.15, -0.1) is 0 Å². The van der Waals surface area contributed by atoms with Gasteiger partial charge in [-0.05, 0) is 31.0 Å². The molecule has 21 heavy (non-hydrogen) atoms. The van der Waals surface area contributed by atoms with Crippen molar-refractivity contribution >= 4 is 33.4 Å². The second kappa shape index (κ2) is 7.45. The summed E-state index contributed by atoms with van der Waals surface area (Å²) in [7, 11) is 3.36. The number of nitrogens with two attached hydrogens (primary N) is 1. The van der Waals surface area contributed by atoms with Crippen molar-refractivity contribution in [1.82, 2.24) is 9.80 Å². The van der Waals surface area contributed by atoms with Crippen molar-refractivity contribution in [2.24, 2.45) is 0 Å². The number of nitrogens with zero attached hydrogens (tertiary/aromatic N) is 2. The van der Waals surface area contributed by atoms with Crippen LogP contribution in [0.3, 0.4) is 0 Å². The lowest BCUT2D eigenvalue weighted by molar-refractivity contribution is -0.129. The molecule has 0 saturated carbocycles. The summed E-state index contributed by atoms with van der Waals surface area (Å²) in [5.74, 6) is -0.269. The number of benzene rings is 1. The van der Waals surface area contributed by atoms with Crippen LogP contribution in [0.1, 0.15) is 29.3 Å². The number of nitrogen functional groups attached to an aromatic ring is 1. The Labute approximate surface area is 134 Å². The van der Waals surface area contributed by atoms with Gasteiger partial charge in [0.2, 0.25) is 5.91 Å². The number of amides is 2. The number of carbonyl (C=O) groups excluding carboxylic acids is 2. The number of likely N-dealkylation sites (N-methyl/N-ethyl adjacent to an activating group) is 1. The first kappa shape index (κ1) is 17.5. The minimum Gasteiger partial charge on any atom is -0.398 e. The molecule has 0 atom stereocenters. The van der Waals surface area contributed by atoms with Gasteiger partial charge in [-0.25, -0.2) is 0 Å². The molecule has 0 aliphatic carbocycles. The summed E-state index contributed by atoms with van der Waals surface area (Å²) in [6, 6.07) is 3.51. The van der Waals surface area contributed by atoms with Crippen LogP contribution in [0.2, 0.25) is 0 Å². The molecule has 1 rings (SSSR count). The molecular weight excluding hydrogens is 334 g/mol. The van der Waals surface area contributed by atoms with Gasteiger partial charge in [-0.1, -0.05) is 22.9 Å². The maximum absolute atomic E-state index is 12.7. The number of carbonyl (C=O) groups is 2. The molecule has 0 saturated heterocycles. The third kappa shape index (κ3) is 4.46. The van der Waals surface area contributed by atoms with Crippen LogP contribution in [0.25, 0.3) is 0 Å². The van der Waals surface area contributed by atoms with Crippen molar-refractivity contribution in [3.8, 4) is 0 Å². The van der Waals surface area contributed by atoms with Gasteiger partial charge in [0, 0.05) is 36.4 Å². The fourth-order valence-corrected chi connectivity index (χ4v) is 2.40. The topological polar surface area (TPSA) is 66.6 Å². The monoisotopic (exact) mass is 355 g/mol. The second-order valence-electron chi connectivity index (χ2n) is 5.18. The highest BCUT2D eigenvalue weighted by atomic mass is 79.9. The lowest BCUT2D eigenvalue weighted by atomic mass is 10.1. The molecule has 0 radical (unpaired) electrons. The van der Waals surface area contributed by atoms with Crippen LogP contribution in [0.15, 0.2) is 16.6 Å². The van der Waals surface area contributed by atoms with E-state index in [0.717, 1.165) is 16.5 Å². The van der Waals surface area contributed by atoms with Crippen LogP contribution in [-0.2, 0) is 4.79 Å². The molecule has 5 nitrogen and oxygen atoms in total. The van der Waals surface area contributed by atoms with Gasteiger partial charge in [-0.2, -0.15) is 0 Å². The summed E-state index contributed by atoms with van der Waals surface area (Å²) < 4.78 is 0.754. The highest BCUT2D eigenvalue weighted by molar-refractivity contribution is 9.10. The number of halogens is 1. The van der Waals surface area contributed by atoms with Crippen LogP contribution in [0.4, 0.5) is 5.69 Å². The molecule has 0 aromatic heterocycles. The van der Waals surface area contributed by atoms with Gasteiger partial charge in [0.15, 0.2) is 0 Å². The minimum absolute atomic E-state index is 0.0749. The Balaban J connectivity index is 3.09. The standard InChI is InChI=1S/C15H22BrN3O2/c1-5-6-19(9-14(20)18(3)4)15(21)12-7-11(16)8-13(17)10(12)2/h7-8H,5-6,9,17H2,1-4H3. The molecule has 0 unspecified atom stereocenters. The van der Waals surface area contributed by atoms with E-state index in [9.17, 15) is 9.59 Å². The van der Waals surface area contributed by atoms with Crippen molar-refractivity contribution in [2.75, 3.05) is 32.9 Å². The second-order valence-corrected chi connectivity index (χ2v) is 6.10. The molecule has 0 aliphatic heterocycles. The maximum atomic E-state index is 12.7. The van der Waals surface area contributed by atoms with E-state index < -0.39 is 0 Å². The molecule has 6 heteroatoms. The predicted molar refractivity (Wildman–Crippen MR) is 88.2 cm³/mol. The first-order valence-electron chi connectivity index (χ1n) is 6.83. The van der Waals surface area contributed by atoms with E-state index in [1.807, 2.05) is 13.8 Å². The van der Waals surface area contributed by atoms with Crippen molar-refractivity contribution in [3.63, 3.8) is 0 Å². The van der Waals surface area contributed by atoms with Crippen molar-refractivity contribution in [1.29, 1.82) is 0 Å². The molecular formula is C15H22BrN3O2. The zero-order valence-corrected chi connectivity index (χ0v) is 14.5. The van der Waals surface area contributed by atoms with E-state index in [0.29, 0.717) is 17.8 Å². The first-order chi connectivity index (χ1) is 9.77. The Morgan fingerprint density at radius 2 is 1.90 bits per heavy atom. The van der Waals surface area contributed by atoms with Gasteiger partial charge in [0.05, 0.1) is 0 Å². The summed E-state index contributed by atoms with van der Waals surface area (Å²) in [6.07, 6.45) is 0.787. The predicted octanol–water partition coefficient (Wildman–Crippen LogP) is 2.28. The van der Waals surface area contributed by atoms with Crippen molar-refractivity contribution < 1.29 is 9.59 Å². The Hall–Kier alpha value is -1.56. The van der Waals surface area contributed by atoms with Crippen LogP contribution in [0, 0.1) is 6.92 Å². The Kier molecular flexibility index (Phi) is 6.20. The number of hydrogen-bond donors (Lipinski definition) is 1. The third-order valence-corrected chi connectivity index (χ3v) is 3.71. The molecule has 2 amide bonds. The molecule has 0 fully saturated rings. The lowest BCUT2D eigenvalue weighted by Gasteiger charge is -2.24. The number of hydrogen-bond acceptors (Lipinski definition) is 3. The summed E-state index contributed by atoms with van der Waals surface area (Å²) in [4.78, 5) is 27.6. The number of rotatable bonds is 5. The minimum atomic E-state index is -0.169. The maximum Gasteiger partial charge on any atom is 0.254 e. The molecule has 0 spiro atoms. The summed E-state index contributed by atoms with van der Waals surface area (Å²) in [5, 5.41) is 0. The zero-order valence-electron chi connectivity index (χ0n) is 12.9. The summed E-state index contributed by atoms with van der Waals surface area (Å²) >= 11 is 3.35. The average molecular weight is 356 g/mol. The first-order valence-corrected chi connectivity index (χ1v) is 7.62. The highest BCUT2D eigenvalue weighted by Gasteiger charge is 2.21.